The van der Waals surface area contributed by atoms with E-state index in [0.717, 1.165) is 0 Å². The van der Waals surface area contributed by atoms with Gasteiger partial charge in [0.25, 0.3) is 0 Å². The fraction of sp³-hybridized carbons (Fsp3) is 0.111. The molecule has 288 valence electrons. The van der Waals surface area contributed by atoms with Gasteiger partial charge in [-0.15, -0.1) is 0 Å². The van der Waals surface area contributed by atoms with Crippen LogP contribution in [0.2, 0.25) is 0 Å². The molecule has 0 aliphatic heterocycles. The second kappa shape index (κ2) is 18.6. The lowest BCUT2D eigenvalue weighted by Gasteiger charge is -2.02. The number of hydrogen-bond donors (Lipinski definition) is 0. The van der Waals surface area contributed by atoms with E-state index in [1.807, 2.05) is 109 Å². The first-order chi connectivity index (χ1) is 29.5. The minimum absolute atomic E-state index is 0.540. The average molecular weight is 781 g/mol. The van der Waals surface area contributed by atoms with Gasteiger partial charge in [-0.1, -0.05) is 109 Å². The summed E-state index contributed by atoms with van der Waals surface area (Å²) in [6, 6.07) is 73.1. The van der Waals surface area contributed by atoms with Gasteiger partial charge < -0.3 is 28.4 Å². The zero-order valence-electron chi connectivity index (χ0n) is 33.8. The summed E-state index contributed by atoms with van der Waals surface area (Å²) in [5, 5.41) is 7.86. The molecule has 0 saturated carbocycles. The van der Waals surface area contributed by atoms with Gasteiger partial charge in [0, 0.05) is 0 Å². The van der Waals surface area contributed by atoms with Gasteiger partial charge in [-0.3, -0.25) is 0 Å². The van der Waals surface area contributed by atoms with Crippen molar-refractivity contribution in [3.8, 4) is 34.5 Å². The first kappa shape index (κ1) is 39.7. The molecule has 0 saturated heterocycles. The highest BCUT2D eigenvalue weighted by molar-refractivity contribution is 5.85. The maximum Gasteiger partial charge on any atom is 0.150 e. The molecule has 0 spiro atoms. The zero-order valence-corrected chi connectivity index (χ0v) is 33.8. The predicted molar refractivity (Wildman–Crippen MR) is 236 cm³/mol. The van der Waals surface area contributed by atoms with Crippen LogP contribution in [0.5, 0.6) is 34.5 Å². The molecule has 0 atom stereocenters. The first-order valence-electron chi connectivity index (χ1n) is 18.6. The van der Waals surface area contributed by atoms with Gasteiger partial charge in [0.2, 0.25) is 0 Å². The van der Waals surface area contributed by atoms with Crippen molar-refractivity contribution in [2.45, 2.75) is 0 Å². The number of para-hydroxylation sites is 6. The first-order valence-corrected chi connectivity index (χ1v) is 18.6. The normalized spacial score (nSPS) is 9.70. The summed E-state index contributed by atoms with van der Waals surface area (Å²) in [4.78, 5) is 0. The number of benzene rings is 6. The molecule has 0 fully saturated rings. The standard InChI is InChI=1S/C54H36O6/c1-55-49-37-13-7-14-38(49)26-28-40-16-9-18-42(51(40)57-3)30-32-44-20-11-22-46(53(44)59-5)34-36-48-24-12-23-47(54(48)60-6)35-33-45-21-10-19-43(52(45)58-4)31-29-41-17-8-15-39(27-25-37)50(41)56-2/h7-24H,1-6H3. The lowest BCUT2D eigenvalue weighted by atomic mass is 10.1. The Morgan fingerprint density at radius 2 is 0.300 bits per heavy atom. The molecule has 7 aromatic rings. The number of hydrogen-bond acceptors (Lipinski definition) is 6. The highest BCUT2D eigenvalue weighted by atomic mass is 16.5. The summed E-state index contributed by atoms with van der Waals surface area (Å²) in [5.74, 6) is 3.24. The maximum atomic E-state index is 5.86. The summed E-state index contributed by atoms with van der Waals surface area (Å²) < 4.78 is 35.2. The van der Waals surface area contributed by atoms with Crippen molar-refractivity contribution in [1.82, 2.24) is 0 Å². The van der Waals surface area contributed by atoms with Gasteiger partial charge in [-0.05, 0) is 72.8 Å². The van der Waals surface area contributed by atoms with E-state index in [1.165, 1.54) is 0 Å². The number of methoxy groups -OCH3 is 6. The predicted octanol–water partition coefficient (Wildman–Crippen LogP) is 11.3. The molecule has 0 aliphatic carbocycles. The smallest absolute Gasteiger partial charge is 0.150 e. The average Bonchev–Trinajstić information content (AvgIpc) is 3.29. The molecular formula is C54H36O6. The summed E-state index contributed by atoms with van der Waals surface area (Å²) in [7, 11) is 9.60. The largest absolute Gasteiger partial charge is 0.494 e. The Bertz CT molecular complexity index is 2320. The van der Waals surface area contributed by atoms with Crippen LogP contribution in [0.1, 0.15) is 0 Å². The van der Waals surface area contributed by atoms with Crippen molar-refractivity contribution in [2.75, 3.05) is 42.7 Å². The third kappa shape index (κ3) is 8.43. The highest BCUT2D eigenvalue weighted by Crippen LogP contribution is 2.29. The van der Waals surface area contributed by atoms with Crippen molar-refractivity contribution in [2.24, 2.45) is 0 Å². The summed E-state index contributed by atoms with van der Waals surface area (Å²) in [6.07, 6.45) is 0. The fourth-order valence-electron chi connectivity index (χ4n) is 6.53. The Morgan fingerprint density at radius 3 is 0.383 bits per heavy atom. The van der Waals surface area contributed by atoms with Crippen molar-refractivity contribution >= 4 is 64.6 Å². The zero-order chi connectivity index (χ0) is 41.8. The van der Waals surface area contributed by atoms with Crippen LogP contribution in [-0.2, 0) is 0 Å². The quantitative estimate of drug-likeness (QED) is 0.168. The minimum Gasteiger partial charge on any atom is -0.494 e. The van der Waals surface area contributed by atoms with Gasteiger partial charge in [0.1, 0.15) is 34.5 Å². The Morgan fingerprint density at radius 1 is 0.200 bits per heavy atom. The van der Waals surface area contributed by atoms with E-state index in [4.69, 9.17) is 28.4 Å². The van der Waals surface area contributed by atoms with Crippen molar-refractivity contribution in [1.29, 1.82) is 0 Å². The molecular weight excluding hydrogens is 745 g/mol. The van der Waals surface area contributed by atoms with Gasteiger partial charge in [-0.25, -0.2) is 0 Å². The molecule has 0 radical (unpaired) electrons. The third-order valence-corrected chi connectivity index (χ3v) is 9.31. The van der Waals surface area contributed by atoms with Crippen LogP contribution in [-0.4, -0.2) is 42.7 Å². The summed E-state index contributed by atoms with van der Waals surface area (Å²) >= 11 is 0. The van der Waals surface area contributed by atoms with E-state index >= 15 is 0 Å². The van der Waals surface area contributed by atoms with Crippen LogP contribution in [0.4, 0.5) is 0 Å². The monoisotopic (exact) mass is 780 g/mol. The summed E-state index contributed by atoms with van der Waals surface area (Å²) in [6.45, 7) is 0. The molecule has 0 unspecified atom stereocenters. The van der Waals surface area contributed by atoms with Crippen LogP contribution >= 0.6 is 0 Å². The highest BCUT2D eigenvalue weighted by Gasteiger charge is 2.04. The molecule has 0 aromatic heterocycles. The van der Waals surface area contributed by atoms with Crippen LogP contribution < -0.4 is 28.4 Å². The van der Waals surface area contributed by atoms with Gasteiger partial charge in [0.05, 0.1) is 107 Å². The van der Waals surface area contributed by atoms with Crippen molar-refractivity contribution in [3.63, 3.8) is 0 Å². The molecule has 7 aromatic carbocycles. The SMILES string of the molecule is COc1c2c#cc3cccc(c#cc4cccc(c#cc5cccc(c#cc6cccc(c#cc7cccc(c#cc1ccc2)c7OC)c6OC)c5OC)c4OC)c3OC. The van der Waals surface area contributed by atoms with Crippen LogP contribution in [0.3, 0.4) is 0 Å². The molecule has 0 N–H and O–H groups in total. The number of rotatable bonds is 6. The fourth-order valence-corrected chi connectivity index (χ4v) is 6.53. The molecule has 0 aliphatic rings. The van der Waals surface area contributed by atoms with E-state index in [0.29, 0.717) is 99.1 Å². The van der Waals surface area contributed by atoms with E-state index in [9.17, 15) is 0 Å². The van der Waals surface area contributed by atoms with Gasteiger partial charge in [0.15, 0.2) is 0 Å². The molecule has 6 heteroatoms. The van der Waals surface area contributed by atoms with E-state index in [1.54, 1.807) is 42.7 Å². The Balaban J connectivity index is 1.56. The van der Waals surface area contributed by atoms with E-state index < -0.39 is 0 Å². The lowest BCUT2D eigenvalue weighted by molar-refractivity contribution is 0.423. The molecule has 7 rings (SSSR count). The molecule has 60 heavy (non-hydrogen) atoms. The van der Waals surface area contributed by atoms with E-state index in [-0.39, 0.29) is 0 Å². The topological polar surface area (TPSA) is 55.4 Å². The minimum atomic E-state index is 0.540. The van der Waals surface area contributed by atoms with Crippen molar-refractivity contribution in [3.05, 3.63) is 182 Å². The number of ether oxygens (including phenoxy) is 6. The Kier molecular flexibility index (Phi) is 12.3. The second-order valence-electron chi connectivity index (χ2n) is 12.8. The third-order valence-electron chi connectivity index (χ3n) is 9.31. The Hall–Kier alpha value is -8.52. The molecule has 0 heterocycles. The van der Waals surface area contributed by atoms with Gasteiger partial charge in [-0.2, -0.15) is 0 Å². The molecule has 0 amide bonds. The Labute approximate surface area is 351 Å². The number of fused-ring (bicyclic) bond motifs is 12. The van der Waals surface area contributed by atoms with Gasteiger partial charge >= 0.3 is 0 Å². The maximum absolute atomic E-state index is 5.86. The van der Waals surface area contributed by atoms with Crippen LogP contribution in [0.15, 0.2) is 109 Å². The van der Waals surface area contributed by atoms with Crippen LogP contribution in [0.25, 0.3) is 64.6 Å². The molecule has 6 nitrogen and oxygen atoms in total. The van der Waals surface area contributed by atoms with Crippen molar-refractivity contribution < 1.29 is 28.4 Å². The second-order valence-corrected chi connectivity index (χ2v) is 12.8. The van der Waals surface area contributed by atoms with E-state index in [2.05, 4.69) is 72.8 Å². The summed E-state index contributed by atoms with van der Waals surface area (Å²) in [5.41, 5.74) is 0. The van der Waals surface area contributed by atoms with Crippen LogP contribution in [0, 0.1) is 72.8 Å². The lowest BCUT2D eigenvalue weighted by Crippen LogP contribution is -1.84. The molecule has 12 bridgehead atoms.